The van der Waals surface area contributed by atoms with Gasteiger partial charge in [-0.3, -0.25) is 4.79 Å². The van der Waals surface area contributed by atoms with Gasteiger partial charge in [0, 0.05) is 30.9 Å². The van der Waals surface area contributed by atoms with E-state index in [1.807, 2.05) is 19.3 Å². The van der Waals surface area contributed by atoms with Crippen LogP contribution in [0.1, 0.15) is 32.8 Å². The fourth-order valence-electron chi connectivity index (χ4n) is 1.97. The van der Waals surface area contributed by atoms with E-state index in [2.05, 4.69) is 30.2 Å². The smallest absolute Gasteiger partial charge is 0.309 e. The Morgan fingerprint density at radius 1 is 1.56 bits per heavy atom. The molecule has 0 aliphatic rings. The standard InChI is InChI=1S/C14H24N2O2/c1-5-11(13(17)18-4)8-16-10-14(2,3)12-6-7-15-9-12/h6-7,9,11,15-16H,5,8,10H2,1-4H3. The number of ether oxygens (including phenoxy) is 1. The zero-order valence-corrected chi connectivity index (χ0v) is 11.7. The average molecular weight is 252 g/mol. The molecule has 4 nitrogen and oxygen atoms in total. The molecule has 0 bridgehead atoms. The molecular weight excluding hydrogens is 228 g/mol. The van der Waals surface area contributed by atoms with E-state index in [0.29, 0.717) is 6.54 Å². The molecule has 0 fully saturated rings. The Balaban J connectivity index is 2.43. The highest BCUT2D eigenvalue weighted by Gasteiger charge is 2.22. The van der Waals surface area contributed by atoms with Crippen molar-refractivity contribution in [2.75, 3.05) is 20.2 Å². The van der Waals surface area contributed by atoms with Gasteiger partial charge in [-0.2, -0.15) is 0 Å². The summed E-state index contributed by atoms with van der Waals surface area (Å²) < 4.78 is 4.77. The van der Waals surface area contributed by atoms with Gasteiger partial charge in [0.2, 0.25) is 0 Å². The lowest BCUT2D eigenvalue weighted by atomic mass is 9.86. The molecule has 1 aromatic heterocycles. The molecule has 102 valence electrons. The molecule has 0 saturated carbocycles. The number of hydrogen-bond donors (Lipinski definition) is 2. The summed E-state index contributed by atoms with van der Waals surface area (Å²) in [5, 5.41) is 3.37. The third-order valence-electron chi connectivity index (χ3n) is 3.36. The number of H-pyrrole nitrogens is 1. The molecule has 0 aliphatic carbocycles. The highest BCUT2D eigenvalue weighted by atomic mass is 16.5. The number of carbonyl (C=O) groups excluding carboxylic acids is 1. The summed E-state index contributed by atoms with van der Waals surface area (Å²) in [7, 11) is 1.44. The first kappa shape index (κ1) is 14.8. The van der Waals surface area contributed by atoms with Crippen molar-refractivity contribution in [3.8, 4) is 0 Å². The Bertz CT molecular complexity index is 358. The molecule has 1 aromatic rings. The van der Waals surface area contributed by atoms with Crippen LogP contribution >= 0.6 is 0 Å². The van der Waals surface area contributed by atoms with Gasteiger partial charge in [0.25, 0.3) is 0 Å². The number of methoxy groups -OCH3 is 1. The quantitative estimate of drug-likeness (QED) is 0.731. The van der Waals surface area contributed by atoms with Crippen molar-refractivity contribution in [3.63, 3.8) is 0 Å². The predicted octanol–water partition coefficient (Wildman–Crippen LogP) is 2.08. The summed E-state index contributed by atoms with van der Waals surface area (Å²) in [6.07, 6.45) is 4.74. The number of rotatable bonds is 7. The van der Waals surface area contributed by atoms with Crippen molar-refractivity contribution in [1.29, 1.82) is 0 Å². The van der Waals surface area contributed by atoms with Gasteiger partial charge >= 0.3 is 5.97 Å². The highest BCUT2D eigenvalue weighted by Crippen LogP contribution is 2.21. The van der Waals surface area contributed by atoms with Crippen molar-refractivity contribution in [3.05, 3.63) is 24.0 Å². The van der Waals surface area contributed by atoms with E-state index in [0.717, 1.165) is 13.0 Å². The summed E-state index contributed by atoms with van der Waals surface area (Å²) in [4.78, 5) is 14.5. The number of aromatic nitrogens is 1. The van der Waals surface area contributed by atoms with Gasteiger partial charge in [0.05, 0.1) is 13.0 Å². The lowest BCUT2D eigenvalue weighted by Crippen LogP contribution is -2.37. The third-order valence-corrected chi connectivity index (χ3v) is 3.36. The number of nitrogens with one attached hydrogen (secondary N) is 2. The van der Waals surface area contributed by atoms with E-state index in [4.69, 9.17) is 4.74 Å². The lowest BCUT2D eigenvalue weighted by molar-refractivity contribution is -0.145. The van der Waals surface area contributed by atoms with Crippen LogP contribution in [0.2, 0.25) is 0 Å². The van der Waals surface area contributed by atoms with Crippen LogP contribution in [-0.2, 0) is 14.9 Å². The summed E-state index contributed by atoms with van der Waals surface area (Å²) in [5.41, 5.74) is 1.31. The Morgan fingerprint density at radius 3 is 2.78 bits per heavy atom. The molecule has 0 spiro atoms. The molecule has 18 heavy (non-hydrogen) atoms. The molecular formula is C14H24N2O2. The van der Waals surface area contributed by atoms with E-state index in [-0.39, 0.29) is 17.3 Å². The van der Waals surface area contributed by atoms with E-state index in [1.165, 1.54) is 12.7 Å². The Hall–Kier alpha value is -1.29. The second kappa shape index (κ2) is 6.59. The van der Waals surface area contributed by atoms with Crippen LogP contribution < -0.4 is 5.32 Å². The van der Waals surface area contributed by atoms with Gasteiger partial charge in [-0.05, 0) is 18.1 Å². The molecule has 1 rings (SSSR count). The first-order chi connectivity index (χ1) is 8.51. The minimum Gasteiger partial charge on any atom is -0.469 e. The molecule has 0 radical (unpaired) electrons. The normalized spacial score (nSPS) is 13.3. The first-order valence-electron chi connectivity index (χ1n) is 6.43. The van der Waals surface area contributed by atoms with Crippen molar-refractivity contribution in [2.24, 2.45) is 5.92 Å². The van der Waals surface area contributed by atoms with Crippen LogP contribution in [0.5, 0.6) is 0 Å². The maximum absolute atomic E-state index is 11.5. The van der Waals surface area contributed by atoms with Crippen molar-refractivity contribution < 1.29 is 9.53 Å². The first-order valence-corrected chi connectivity index (χ1v) is 6.43. The summed E-state index contributed by atoms with van der Waals surface area (Å²) in [6.45, 7) is 7.86. The van der Waals surface area contributed by atoms with Crippen molar-refractivity contribution in [1.82, 2.24) is 10.3 Å². The SMILES string of the molecule is CCC(CNCC(C)(C)c1cc[nH]c1)C(=O)OC. The van der Waals surface area contributed by atoms with E-state index in [9.17, 15) is 4.79 Å². The predicted molar refractivity (Wildman–Crippen MR) is 72.5 cm³/mol. The van der Waals surface area contributed by atoms with Crippen LogP contribution in [0.4, 0.5) is 0 Å². The highest BCUT2D eigenvalue weighted by molar-refractivity contribution is 5.72. The number of carbonyl (C=O) groups is 1. The van der Waals surface area contributed by atoms with Gasteiger partial charge in [-0.15, -0.1) is 0 Å². The van der Waals surface area contributed by atoms with Crippen LogP contribution in [0.25, 0.3) is 0 Å². The molecule has 1 heterocycles. The molecule has 1 unspecified atom stereocenters. The number of hydrogen-bond acceptors (Lipinski definition) is 3. The lowest BCUT2D eigenvalue weighted by Gasteiger charge is -2.25. The molecule has 0 amide bonds. The van der Waals surface area contributed by atoms with Crippen LogP contribution in [0.3, 0.4) is 0 Å². The zero-order chi connectivity index (χ0) is 13.6. The van der Waals surface area contributed by atoms with Crippen molar-refractivity contribution in [2.45, 2.75) is 32.6 Å². The molecule has 0 aromatic carbocycles. The second-order valence-corrected chi connectivity index (χ2v) is 5.24. The maximum Gasteiger partial charge on any atom is 0.309 e. The van der Waals surface area contributed by atoms with Gasteiger partial charge in [0.15, 0.2) is 0 Å². The fraction of sp³-hybridized carbons (Fsp3) is 0.643. The minimum absolute atomic E-state index is 0.0500. The summed E-state index contributed by atoms with van der Waals surface area (Å²) >= 11 is 0. The molecule has 2 N–H and O–H groups in total. The van der Waals surface area contributed by atoms with Gasteiger partial charge < -0.3 is 15.0 Å². The molecule has 4 heteroatoms. The number of aromatic amines is 1. The largest absolute Gasteiger partial charge is 0.469 e. The van der Waals surface area contributed by atoms with Crippen LogP contribution in [-0.4, -0.2) is 31.2 Å². The zero-order valence-electron chi connectivity index (χ0n) is 11.7. The van der Waals surface area contributed by atoms with Gasteiger partial charge in [-0.1, -0.05) is 20.8 Å². The molecule has 0 saturated heterocycles. The molecule has 0 aliphatic heterocycles. The second-order valence-electron chi connectivity index (χ2n) is 5.24. The summed E-state index contributed by atoms with van der Waals surface area (Å²) in [6, 6.07) is 2.08. The maximum atomic E-state index is 11.5. The summed E-state index contributed by atoms with van der Waals surface area (Å²) in [5.74, 6) is -0.193. The average Bonchev–Trinajstić information content (AvgIpc) is 2.88. The number of esters is 1. The van der Waals surface area contributed by atoms with E-state index >= 15 is 0 Å². The monoisotopic (exact) mass is 252 g/mol. The Kier molecular flexibility index (Phi) is 5.41. The molecule has 1 atom stereocenters. The van der Waals surface area contributed by atoms with Crippen LogP contribution in [0.15, 0.2) is 18.5 Å². The Labute approximate surface area is 109 Å². The van der Waals surface area contributed by atoms with Gasteiger partial charge in [-0.25, -0.2) is 0 Å². The van der Waals surface area contributed by atoms with E-state index in [1.54, 1.807) is 0 Å². The van der Waals surface area contributed by atoms with E-state index < -0.39 is 0 Å². The fourth-order valence-corrected chi connectivity index (χ4v) is 1.97. The topological polar surface area (TPSA) is 54.1 Å². The minimum atomic E-state index is -0.135. The Morgan fingerprint density at radius 2 is 2.28 bits per heavy atom. The van der Waals surface area contributed by atoms with Crippen molar-refractivity contribution >= 4 is 5.97 Å². The van der Waals surface area contributed by atoms with Crippen LogP contribution in [0, 0.1) is 5.92 Å². The van der Waals surface area contributed by atoms with Gasteiger partial charge in [0.1, 0.15) is 0 Å². The third kappa shape index (κ3) is 3.88.